The molecule has 112 valence electrons. The molecule has 0 aliphatic rings. The minimum Gasteiger partial charge on any atom is -0.348 e. The van der Waals surface area contributed by atoms with Crippen LogP contribution in [-0.4, -0.2) is 20.9 Å². The van der Waals surface area contributed by atoms with E-state index < -0.39 is 0 Å². The Bertz CT molecular complexity index is 590. The summed E-state index contributed by atoms with van der Waals surface area (Å²) in [5.41, 5.74) is 8.50. The van der Waals surface area contributed by atoms with Crippen LogP contribution in [0, 0.1) is 0 Å². The predicted molar refractivity (Wildman–Crippen MR) is 80.3 cm³/mol. The lowest BCUT2D eigenvalue weighted by molar-refractivity contribution is -0.122. The number of carbonyl (C=O) groups excluding carboxylic acids is 1. The van der Waals surface area contributed by atoms with Gasteiger partial charge in [0.05, 0.1) is 17.9 Å². The molecule has 6 nitrogen and oxygen atoms in total. The molecule has 2 aromatic rings. The van der Waals surface area contributed by atoms with Crippen LogP contribution in [0.15, 0.2) is 30.5 Å². The van der Waals surface area contributed by atoms with Gasteiger partial charge in [-0.05, 0) is 24.5 Å². The van der Waals surface area contributed by atoms with Gasteiger partial charge in [-0.3, -0.25) is 4.79 Å². The normalized spacial score (nSPS) is 12.1. The average Bonchev–Trinajstić information content (AvgIpc) is 2.94. The fourth-order valence-corrected chi connectivity index (χ4v) is 2.07. The van der Waals surface area contributed by atoms with Crippen molar-refractivity contribution in [3.63, 3.8) is 0 Å². The fraction of sp³-hybridized carbons (Fsp3) is 0.400. The molecule has 1 aromatic heterocycles. The highest BCUT2D eigenvalue weighted by atomic mass is 16.2. The Balaban J connectivity index is 1.91. The van der Waals surface area contributed by atoms with E-state index in [0.717, 1.165) is 12.0 Å². The third kappa shape index (κ3) is 4.13. The topological polar surface area (TPSA) is 85.8 Å². The zero-order valence-electron chi connectivity index (χ0n) is 12.4. The van der Waals surface area contributed by atoms with E-state index >= 15 is 0 Å². The van der Waals surface area contributed by atoms with Gasteiger partial charge in [0, 0.05) is 6.54 Å². The molecule has 0 saturated carbocycles. The highest BCUT2D eigenvalue weighted by molar-refractivity contribution is 5.76. The number of rotatable bonds is 6. The second-order valence-electron chi connectivity index (χ2n) is 5.00. The Labute approximate surface area is 124 Å². The molecule has 1 atom stereocenters. The number of nitrogens with one attached hydrogen (secondary N) is 1. The number of aromatic nitrogens is 3. The quantitative estimate of drug-likeness (QED) is 0.835. The van der Waals surface area contributed by atoms with Gasteiger partial charge in [-0.1, -0.05) is 36.4 Å². The number of carbonyl (C=O) groups is 1. The minimum atomic E-state index is -0.101. The van der Waals surface area contributed by atoms with Crippen LogP contribution in [0.5, 0.6) is 0 Å². The first-order valence-corrected chi connectivity index (χ1v) is 7.09. The molecule has 0 bridgehead atoms. The number of hydrogen-bond acceptors (Lipinski definition) is 4. The zero-order valence-corrected chi connectivity index (χ0v) is 12.4. The van der Waals surface area contributed by atoms with Gasteiger partial charge < -0.3 is 11.1 Å². The lowest BCUT2D eigenvalue weighted by Gasteiger charge is -2.14. The summed E-state index contributed by atoms with van der Waals surface area (Å²) in [7, 11) is 0. The molecule has 0 radical (unpaired) electrons. The molecule has 0 saturated heterocycles. The van der Waals surface area contributed by atoms with Crippen molar-refractivity contribution < 1.29 is 4.79 Å². The number of hydrogen-bond donors (Lipinski definition) is 2. The van der Waals surface area contributed by atoms with E-state index in [9.17, 15) is 4.79 Å². The summed E-state index contributed by atoms with van der Waals surface area (Å²) in [5.74, 6) is -0.101. The molecule has 0 fully saturated rings. The van der Waals surface area contributed by atoms with Crippen molar-refractivity contribution in [1.82, 2.24) is 20.3 Å². The molecular weight excluding hydrogens is 266 g/mol. The number of aryl methyl sites for hydroxylation is 1. The van der Waals surface area contributed by atoms with Crippen LogP contribution in [0.1, 0.15) is 36.7 Å². The molecule has 1 amide bonds. The number of nitrogens with two attached hydrogens (primary N) is 1. The Hall–Kier alpha value is -2.21. The SMILES string of the molecule is CCc1ccc(C(C)NC(=O)Cn2cc(CN)nn2)cc1. The highest BCUT2D eigenvalue weighted by Crippen LogP contribution is 2.13. The van der Waals surface area contributed by atoms with Crippen LogP contribution in [0.4, 0.5) is 0 Å². The molecule has 1 heterocycles. The van der Waals surface area contributed by atoms with Gasteiger partial charge in [0.15, 0.2) is 0 Å². The van der Waals surface area contributed by atoms with Gasteiger partial charge in [0.2, 0.25) is 5.91 Å². The van der Waals surface area contributed by atoms with Crippen molar-refractivity contribution in [2.24, 2.45) is 5.73 Å². The largest absolute Gasteiger partial charge is 0.348 e. The summed E-state index contributed by atoms with van der Waals surface area (Å²) in [6.45, 7) is 4.55. The molecule has 1 unspecified atom stereocenters. The molecule has 3 N–H and O–H groups in total. The second kappa shape index (κ2) is 6.99. The molecule has 0 aliphatic carbocycles. The molecule has 0 aliphatic heterocycles. The summed E-state index contributed by atoms with van der Waals surface area (Å²) in [6.07, 6.45) is 2.69. The van der Waals surface area contributed by atoms with Crippen LogP contribution in [0.25, 0.3) is 0 Å². The lowest BCUT2D eigenvalue weighted by Crippen LogP contribution is -2.30. The van der Waals surface area contributed by atoms with Crippen molar-refractivity contribution in [3.8, 4) is 0 Å². The third-order valence-corrected chi connectivity index (χ3v) is 3.37. The van der Waals surface area contributed by atoms with E-state index in [1.165, 1.54) is 10.2 Å². The Kier molecular flexibility index (Phi) is 5.05. The monoisotopic (exact) mass is 287 g/mol. The maximum atomic E-state index is 12.0. The fourth-order valence-electron chi connectivity index (χ4n) is 2.07. The smallest absolute Gasteiger partial charge is 0.242 e. The van der Waals surface area contributed by atoms with Crippen molar-refractivity contribution in [3.05, 3.63) is 47.3 Å². The van der Waals surface area contributed by atoms with Crippen LogP contribution >= 0.6 is 0 Å². The lowest BCUT2D eigenvalue weighted by atomic mass is 10.1. The van der Waals surface area contributed by atoms with Gasteiger partial charge >= 0.3 is 0 Å². The molecule has 6 heteroatoms. The first kappa shape index (κ1) is 15.2. The first-order valence-electron chi connectivity index (χ1n) is 7.09. The van der Waals surface area contributed by atoms with Crippen LogP contribution < -0.4 is 11.1 Å². The van der Waals surface area contributed by atoms with Gasteiger partial charge in [0.25, 0.3) is 0 Å². The molecule has 21 heavy (non-hydrogen) atoms. The molecule has 2 rings (SSSR count). The molecular formula is C15H21N5O. The number of benzene rings is 1. The summed E-state index contributed by atoms with van der Waals surface area (Å²) >= 11 is 0. The van der Waals surface area contributed by atoms with Crippen LogP contribution in [0.3, 0.4) is 0 Å². The van der Waals surface area contributed by atoms with Crippen LogP contribution in [0.2, 0.25) is 0 Å². The van der Waals surface area contributed by atoms with Gasteiger partial charge in [-0.25, -0.2) is 4.68 Å². The second-order valence-corrected chi connectivity index (χ2v) is 5.00. The van der Waals surface area contributed by atoms with E-state index in [0.29, 0.717) is 12.2 Å². The number of amides is 1. The summed E-state index contributed by atoms with van der Waals surface area (Å²) in [4.78, 5) is 12.0. The molecule has 1 aromatic carbocycles. The zero-order chi connectivity index (χ0) is 15.2. The van der Waals surface area contributed by atoms with Crippen LogP contribution in [-0.2, 0) is 24.3 Å². The number of nitrogens with zero attached hydrogens (tertiary/aromatic N) is 3. The van der Waals surface area contributed by atoms with E-state index in [-0.39, 0.29) is 18.5 Å². The maximum absolute atomic E-state index is 12.0. The highest BCUT2D eigenvalue weighted by Gasteiger charge is 2.11. The summed E-state index contributed by atoms with van der Waals surface area (Å²) < 4.78 is 1.49. The van der Waals surface area contributed by atoms with Gasteiger partial charge in [-0.15, -0.1) is 5.10 Å². The van der Waals surface area contributed by atoms with Crippen molar-refractivity contribution in [1.29, 1.82) is 0 Å². The Morgan fingerprint density at radius 2 is 2.10 bits per heavy atom. The maximum Gasteiger partial charge on any atom is 0.242 e. The standard InChI is InChI=1S/C15H21N5O/c1-3-12-4-6-13(7-5-12)11(2)17-15(21)10-20-9-14(8-16)18-19-20/h4-7,9,11H,3,8,10,16H2,1-2H3,(H,17,21). The van der Waals surface area contributed by atoms with Crippen molar-refractivity contribution >= 4 is 5.91 Å². The third-order valence-electron chi connectivity index (χ3n) is 3.37. The summed E-state index contributed by atoms with van der Waals surface area (Å²) in [6, 6.07) is 8.23. The Morgan fingerprint density at radius 1 is 1.38 bits per heavy atom. The van der Waals surface area contributed by atoms with Crippen molar-refractivity contribution in [2.75, 3.05) is 0 Å². The van der Waals surface area contributed by atoms with Crippen molar-refractivity contribution in [2.45, 2.75) is 39.4 Å². The van der Waals surface area contributed by atoms with E-state index in [4.69, 9.17) is 5.73 Å². The van der Waals surface area contributed by atoms with E-state index in [1.807, 2.05) is 19.1 Å². The predicted octanol–water partition coefficient (Wildman–Crippen LogP) is 1.18. The average molecular weight is 287 g/mol. The van der Waals surface area contributed by atoms with E-state index in [1.54, 1.807) is 6.20 Å². The molecule has 0 spiro atoms. The minimum absolute atomic E-state index is 0.0408. The first-order chi connectivity index (χ1) is 10.1. The van der Waals surface area contributed by atoms with Gasteiger partial charge in [0.1, 0.15) is 6.54 Å². The van der Waals surface area contributed by atoms with Gasteiger partial charge in [-0.2, -0.15) is 0 Å². The van der Waals surface area contributed by atoms with E-state index in [2.05, 4.69) is 34.7 Å². The Morgan fingerprint density at radius 3 is 2.67 bits per heavy atom. The summed E-state index contributed by atoms with van der Waals surface area (Å²) in [5, 5.41) is 10.7.